The fraction of sp³-hybridized carbons (Fsp3) is 0.872. The van der Waals surface area contributed by atoms with Crippen LogP contribution in [-0.2, 0) is 47.7 Å². The summed E-state index contributed by atoms with van der Waals surface area (Å²) in [6, 6.07) is -1.56. The van der Waals surface area contributed by atoms with Gasteiger partial charge in [-0.1, -0.05) is 37.7 Å². The predicted octanol–water partition coefficient (Wildman–Crippen LogP) is 2.28. The van der Waals surface area contributed by atoms with Crippen LogP contribution in [0.25, 0.3) is 10.4 Å². The molecule has 69 heavy (non-hydrogen) atoms. The maximum Gasteiger partial charge on any atom is 0.303 e. The molecule has 10 unspecified atom stereocenters. The lowest BCUT2D eigenvalue weighted by molar-refractivity contribution is -0.282. The van der Waals surface area contributed by atoms with Gasteiger partial charge in [-0.25, -0.2) is 0 Å². The van der Waals surface area contributed by atoms with Crippen molar-refractivity contribution in [1.29, 1.82) is 0 Å². The summed E-state index contributed by atoms with van der Waals surface area (Å²) in [5.41, 5.74) is 8.33. The van der Waals surface area contributed by atoms with Crippen molar-refractivity contribution in [2.45, 2.75) is 204 Å². The average molecular weight is 986 g/mol. The number of aliphatic hydroxyl groups is 5. The van der Waals surface area contributed by atoms with E-state index in [1.54, 1.807) is 6.92 Å². The number of hydrogen-bond donors (Lipinski definition) is 9. The Balaban J connectivity index is 1.77. The number of carbonyl (C=O) groups is 6. The summed E-state index contributed by atoms with van der Waals surface area (Å²) >= 11 is 0. The van der Waals surface area contributed by atoms with Gasteiger partial charge >= 0.3 is 5.97 Å². The van der Waals surface area contributed by atoms with Gasteiger partial charge in [0.25, 0.3) is 0 Å². The van der Waals surface area contributed by atoms with Gasteiger partial charge in [-0.15, -0.1) is 0 Å². The number of unbranched alkanes of at least 4 members (excludes halogenated alkanes) is 9. The molecule has 2 aliphatic rings. The van der Waals surface area contributed by atoms with Crippen molar-refractivity contribution in [2.75, 3.05) is 46.1 Å². The fourth-order valence-corrected chi connectivity index (χ4v) is 8.53. The number of ketones is 1. The molecule has 9 N–H and O–H groups in total. The molecule has 1 saturated carbocycles. The lowest BCUT2D eigenvalue weighted by Gasteiger charge is -2.43. The van der Waals surface area contributed by atoms with E-state index in [1.165, 1.54) is 13.8 Å². The summed E-state index contributed by atoms with van der Waals surface area (Å²) in [5.74, 6) is -2.67. The van der Waals surface area contributed by atoms with Crippen LogP contribution in [0.2, 0.25) is 0 Å². The SMILES string of the molecule is CC(=O)NC1C(OCCCCC(=O)NCCCC[C@@H](NC(=O)CCCCOC2OC(CO)C(O)C(O)C2C)C(=O)CCCCCCC(=O)NCCCCCCN=[N+]=[N-])CC(CO)C(OC(C)=O)C1O. The Morgan fingerprint density at radius 2 is 1.29 bits per heavy atom. The number of nitrogens with zero attached hydrogens (tertiary/aromatic N) is 3. The van der Waals surface area contributed by atoms with Crippen molar-refractivity contribution in [3.05, 3.63) is 10.4 Å². The van der Waals surface area contributed by atoms with E-state index >= 15 is 0 Å². The standard InChI is InChI=1S/C47H83N7O15/c1-31-43(63)44(64)38(30-56)69-47(31)67-27-17-12-22-41(62)53-35(36(59)19-8-4-5-9-20-39(60)49-23-13-6-7-14-25-51-54-48)18-10-15-24-50-40(61)21-11-16-26-66-37-28-34(29-55)46(68-33(3)58)45(65)42(37)52-32(2)57/h31,34-35,37-38,42-47,55-56,63-65H,4-30H2,1-3H3,(H,49,60)(H,50,61)(H,52,57)(H,53,62)/t31?,34?,35-,37?,38?,42?,43?,44?,45?,46?,47?/m1/s1. The van der Waals surface area contributed by atoms with Crippen molar-refractivity contribution >= 4 is 35.4 Å². The van der Waals surface area contributed by atoms with Gasteiger partial charge in [-0.2, -0.15) is 0 Å². The zero-order valence-electron chi connectivity index (χ0n) is 41.1. The summed E-state index contributed by atoms with van der Waals surface area (Å²) in [6.07, 6.45) is 4.10. The van der Waals surface area contributed by atoms with Crippen LogP contribution in [0, 0.1) is 11.8 Å². The van der Waals surface area contributed by atoms with Gasteiger partial charge < -0.3 is 65.7 Å². The predicted molar refractivity (Wildman–Crippen MR) is 252 cm³/mol. The van der Waals surface area contributed by atoms with E-state index in [9.17, 15) is 54.3 Å². The van der Waals surface area contributed by atoms with E-state index in [0.29, 0.717) is 83.8 Å². The Hall–Kier alpha value is -3.99. The summed E-state index contributed by atoms with van der Waals surface area (Å²) in [5, 5.41) is 65.6. The van der Waals surface area contributed by atoms with E-state index in [4.69, 9.17) is 24.5 Å². The number of Topliss-reactive ketones (excluding diaryl/α,β-unsaturated/α-hetero) is 1. The lowest BCUT2D eigenvalue weighted by atomic mass is 9.79. The van der Waals surface area contributed by atoms with Crippen molar-refractivity contribution in [2.24, 2.45) is 17.0 Å². The molecule has 0 aromatic heterocycles. The molecule has 1 heterocycles. The van der Waals surface area contributed by atoms with Crippen LogP contribution >= 0.6 is 0 Å². The number of amides is 4. The highest BCUT2D eigenvalue weighted by Crippen LogP contribution is 2.31. The molecule has 2 rings (SSSR count). The molecule has 11 atom stereocenters. The molecule has 0 bridgehead atoms. The molecule has 1 aliphatic heterocycles. The van der Waals surface area contributed by atoms with E-state index < -0.39 is 85.3 Å². The zero-order chi connectivity index (χ0) is 51.0. The average Bonchev–Trinajstić information content (AvgIpc) is 3.31. The van der Waals surface area contributed by atoms with E-state index in [2.05, 4.69) is 31.3 Å². The molecule has 0 aromatic rings. The minimum Gasteiger partial charge on any atom is -0.459 e. The van der Waals surface area contributed by atoms with Gasteiger partial charge in [0.15, 0.2) is 12.1 Å². The number of rotatable bonds is 37. The van der Waals surface area contributed by atoms with Crippen LogP contribution in [0.15, 0.2) is 5.11 Å². The molecule has 396 valence electrons. The van der Waals surface area contributed by atoms with Gasteiger partial charge in [-0.05, 0) is 82.6 Å². The lowest BCUT2D eigenvalue weighted by Crippen LogP contribution is -2.62. The number of esters is 1. The maximum absolute atomic E-state index is 13.4. The largest absolute Gasteiger partial charge is 0.459 e. The maximum atomic E-state index is 13.4. The first-order chi connectivity index (χ1) is 33.1. The van der Waals surface area contributed by atoms with Gasteiger partial charge in [0.1, 0.15) is 24.4 Å². The van der Waals surface area contributed by atoms with Crippen LogP contribution in [-0.4, -0.2) is 162 Å². The van der Waals surface area contributed by atoms with Gasteiger partial charge in [-0.3, -0.25) is 28.8 Å². The summed E-state index contributed by atoms with van der Waals surface area (Å²) < 4.78 is 22.6. The Morgan fingerprint density at radius 3 is 1.90 bits per heavy atom. The van der Waals surface area contributed by atoms with Crippen LogP contribution in [0.4, 0.5) is 0 Å². The van der Waals surface area contributed by atoms with Crippen molar-refractivity contribution in [3.63, 3.8) is 0 Å². The summed E-state index contributed by atoms with van der Waals surface area (Å²) in [4.78, 5) is 77.6. The highest BCUT2D eigenvalue weighted by Gasteiger charge is 2.47. The van der Waals surface area contributed by atoms with Crippen LogP contribution in [0.1, 0.15) is 149 Å². The number of nitrogens with one attached hydrogen (secondary N) is 4. The first-order valence-corrected chi connectivity index (χ1v) is 25.1. The highest BCUT2D eigenvalue weighted by molar-refractivity contribution is 5.89. The normalized spacial score (nSPS) is 24.9. The third kappa shape index (κ3) is 25.1. The second-order valence-corrected chi connectivity index (χ2v) is 18.3. The first kappa shape index (κ1) is 61.1. The highest BCUT2D eigenvalue weighted by atomic mass is 16.7. The third-order valence-corrected chi connectivity index (χ3v) is 12.5. The van der Waals surface area contributed by atoms with Crippen molar-refractivity contribution < 1.29 is 73.2 Å². The monoisotopic (exact) mass is 986 g/mol. The van der Waals surface area contributed by atoms with Gasteiger partial charge in [0.2, 0.25) is 23.6 Å². The molecular weight excluding hydrogens is 903 g/mol. The molecule has 0 spiro atoms. The molecule has 4 amide bonds. The fourth-order valence-electron chi connectivity index (χ4n) is 8.53. The number of hydrogen-bond acceptors (Lipinski definition) is 16. The molecular formula is C47H83N7O15. The molecule has 1 saturated heterocycles. The molecule has 22 heteroatoms. The zero-order valence-corrected chi connectivity index (χ0v) is 41.1. The van der Waals surface area contributed by atoms with Crippen LogP contribution in [0.3, 0.4) is 0 Å². The molecule has 1 aliphatic carbocycles. The van der Waals surface area contributed by atoms with E-state index in [1.807, 2.05) is 0 Å². The Morgan fingerprint density at radius 1 is 0.710 bits per heavy atom. The summed E-state index contributed by atoms with van der Waals surface area (Å²) in [6.45, 7) is 5.25. The smallest absolute Gasteiger partial charge is 0.303 e. The second kappa shape index (κ2) is 36.0. The van der Waals surface area contributed by atoms with Crippen molar-refractivity contribution in [3.8, 4) is 0 Å². The van der Waals surface area contributed by atoms with E-state index in [-0.39, 0.29) is 69.0 Å². The number of azide groups is 1. The Bertz CT molecular complexity index is 1570. The molecule has 2 fully saturated rings. The third-order valence-electron chi connectivity index (χ3n) is 12.5. The van der Waals surface area contributed by atoms with Gasteiger partial charge in [0.05, 0.1) is 30.9 Å². The van der Waals surface area contributed by atoms with Gasteiger partial charge in [0, 0.05) is 95.7 Å². The van der Waals surface area contributed by atoms with Crippen molar-refractivity contribution in [1.82, 2.24) is 21.3 Å². The molecule has 0 radical (unpaired) electrons. The van der Waals surface area contributed by atoms with Crippen LogP contribution in [0.5, 0.6) is 0 Å². The minimum atomic E-state index is -1.29. The topological polar surface area (TPSA) is 337 Å². The number of carbonyl (C=O) groups excluding carboxylic acids is 6. The van der Waals surface area contributed by atoms with E-state index in [0.717, 1.165) is 38.5 Å². The molecule has 0 aromatic carbocycles. The van der Waals surface area contributed by atoms with Crippen LogP contribution < -0.4 is 21.3 Å². The number of ether oxygens (including phenoxy) is 4. The Kier molecular flexibility index (Phi) is 31.9. The molecule has 22 nitrogen and oxygen atoms in total. The summed E-state index contributed by atoms with van der Waals surface area (Å²) in [7, 11) is 0. The second-order valence-electron chi connectivity index (χ2n) is 18.3. The number of aliphatic hydroxyl groups excluding tert-OH is 5. The quantitative estimate of drug-likeness (QED) is 0.0142. The first-order valence-electron chi connectivity index (χ1n) is 25.1. The minimum absolute atomic E-state index is 0.00555. The Labute approximate surface area is 406 Å².